The summed E-state index contributed by atoms with van der Waals surface area (Å²) >= 11 is 2.85. The molecule has 0 unspecified atom stereocenters. The smallest absolute Gasteiger partial charge is 0.341 e. The van der Waals surface area contributed by atoms with Crippen molar-refractivity contribution in [3.8, 4) is 0 Å². The topological polar surface area (TPSA) is 111 Å². The van der Waals surface area contributed by atoms with Crippen LogP contribution >= 0.6 is 22.7 Å². The number of methoxy groups -OCH3 is 2. The Labute approximate surface area is 199 Å². The lowest BCUT2D eigenvalue weighted by Gasteiger charge is -2.08. The molecule has 0 fully saturated rings. The van der Waals surface area contributed by atoms with Gasteiger partial charge in [-0.1, -0.05) is 0 Å². The van der Waals surface area contributed by atoms with Gasteiger partial charge in [0.05, 0.1) is 25.3 Å². The standard InChI is InChI=1S/C23H26N2O6S2/c1-30-22(28)18-12-6-3-8-14(12)32-20(18)24-16(26)10-5-11-17(27)25-21-19(23(29)31-2)13-7-4-9-15(13)33-21/h3-11H2,1-2H3,(H,24,26)(H,25,27). The van der Waals surface area contributed by atoms with Crippen molar-refractivity contribution in [1.82, 2.24) is 0 Å². The Morgan fingerprint density at radius 3 is 1.55 bits per heavy atom. The number of aryl methyl sites for hydroxylation is 2. The monoisotopic (exact) mass is 490 g/mol. The van der Waals surface area contributed by atoms with E-state index in [0.717, 1.165) is 59.4 Å². The summed E-state index contributed by atoms with van der Waals surface area (Å²) in [6.45, 7) is 0. The van der Waals surface area contributed by atoms with Gasteiger partial charge in [0.2, 0.25) is 11.8 Å². The van der Waals surface area contributed by atoms with Gasteiger partial charge in [0, 0.05) is 22.6 Å². The molecule has 2 aromatic rings. The van der Waals surface area contributed by atoms with Crippen molar-refractivity contribution in [2.75, 3.05) is 24.9 Å². The number of anilines is 2. The summed E-state index contributed by atoms with van der Waals surface area (Å²) in [5.74, 6) is -1.38. The van der Waals surface area contributed by atoms with E-state index in [4.69, 9.17) is 9.47 Å². The maximum Gasteiger partial charge on any atom is 0.341 e. The number of esters is 2. The normalized spacial score (nSPS) is 13.9. The average molecular weight is 491 g/mol. The zero-order valence-electron chi connectivity index (χ0n) is 18.6. The lowest BCUT2D eigenvalue weighted by Crippen LogP contribution is -2.17. The first kappa shape index (κ1) is 23.4. The molecule has 0 saturated carbocycles. The average Bonchev–Trinajstić information content (AvgIpc) is 3.54. The van der Waals surface area contributed by atoms with E-state index >= 15 is 0 Å². The first-order valence-corrected chi connectivity index (χ1v) is 12.6. The second-order valence-corrected chi connectivity index (χ2v) is 10.3. The molecule has 0 radical (unpaired) electrons. The van der Waals surface area contributed by atoms with Crippen LogP contribution in [0, 0.1) is 0 Å². The van der Waals surface area contributed by atoms with Crippen molar-refractivity contribution < 1.29 is 28.7 Å². The lowest BCUT2D eigenvalue weighted by molar-refractivity contribution is -0.117. The van der Waals surface area contributed by atoms with E-state index in [0.29, 0.717) is 27.5 Å². The van der Waals surface area contributed by atoms with E-state index in [9.17, 15) is 19.2 Å². The number of rotatable bonds is 8. The molecule has 33 heavy (non-hydrogen) atoms. The highest BCUT2D eigenvalue weighted by Gasteiger charge is 2.29. The lowest BCUT2D eigenvalue weighted by atomic mass is 10.1. The van der Waals surface area contributed by atoms with E-state index < -0.39 is 11.9 Å². The Balaban J connectivity index is 1.32. The van der Waals surface area contributed by atoms with Crippen molar-refractivity contribution in [1.29, 1.82) is 0 Å². The van der Waals surface area contributed by atoms with E-state index in [-0.39, 0.29) is 24.7 Å². The fourth-order valence-corrected chi connectivity index (χ4v) is 7.00. The highest BCUT2D eigenvalue weighted by Crippen LogP contribution is 2.40. The minimum absolute atomic E-state index is 0.140. The summed E-state index contributed by atoms with van der Waals surface area (Å²) in [5.41, 5.74) is 2.88. The van der Waals surface area contributed by atoms with E-state index in [1.54, 1.807) is 0 Å². The van der Waals surface area contributed by atoms with E-state index in [1.807, 2.05) is 0 Å². The first-order valence-electron chi connectivity index (χ1n) is 11.0. The van der Waals surface area contributed by atoms with Crippen LogP contribution in [0.3, 0.4) is 0 Å². The number of thiophene rings is 2. The Morgan fingerprint density at radius 1 is 0.727 bits per heavy atom. The maximum absolute atomic E-state index is 12.5. The fraction of sp³-hybridized carbons (Fsp3) is 0.478. The van der Waals surface area contributed by atoms with E-state index in [2.05, 4.69) is 10.6 Å². The number of hydrogen-bond donors (Lipinski definition) is 2. The van der Waals surface area contributed by atoms with Crippen molar-refractivity contribution >= 4 is 56.4 Å². The molecule has 0 aromatic carbocycles. The Bertz CT molecular complexity index is 1030. The number of carbonyl (C=O) groups excluding carboxylic acids is 4. The molecule has 2 heterocycles. The molecular formula is C23H26N2O6S2. The summed E-state index contributed by atoms with van der Waals surface area (Å²) in [7, 11) is 2.67. The number of carbonyl (C=O) groups is 4. The highest BCUT2D eigenvalue weighted by atomic mass is 32.1. The van der Waals surface area contributed by atoms with Crippen LogP contribution in [0.5, 0.6) is 0 Å². The predicted octanol–water partition coefficient (Wildman–Crippen LogP) is 4.11. The van der Waals surface area contributed by atoms with Gasteiger partial charge < -0.3 is 20.1 Å². The molecule has 2 aliphatic rings. The number of fused-ring (bicyclic) bond motifs is 2. The number of hydrogen-bond acceptors (Lipinski definition) is 8. The van der Waals surface area contributed by atoms with Crippen LogP contribution < -0.4 is 10.6 Å². The molecular weight excluding hydrogens is 464 g/mol. The van der Waals surface area contributed by atoms with Gasteiger partial charge in [-0.25, -0.2) is 9.59 Å². The quantitative estimate of drug-likeness (QED) is 0.539. The minimum Gasteiger partial charge on any atom is -0.465 e. The van der Waals surface area contributed by atoms with Gasteiger partial charge in [0.25, 0.3) is 0 Å². The molecule has 0 aliphatic heterocycles. The van der Waals surface area contributed by atoms with Gasteiger partial charge >= 0.3 is 11.9 Å². The Morgan fingerprint density at radius 2 is 1.15 bits per heavy atom. The van der Waals surface area contributed by atoms with Crippen LogP contribution in [0.1, 0.15) is 73.7 Å². The van der Waals surface area contributed by atoms with Gasteiger partial charge in [0.15, 0.2) is 0 Å². The molecule has 0 saturated heterocycles. The van der Waals surface area contributed by atoms with Gasteiger partial charge in [-0.05, 0) is 56.1 Å². The molecule has 2 amide bonds. The van der Waals surface area contributed by atoms with Gasteiger partial charge in [-0.15, -0.1) is 22.7 Å². The summed E-state index contributed by atoms with van der Waals surface area (Å²) in [5, 5.41) is 6.70. The highest BCUT2D eigenvalue weighted by molar-refractivity contribution is 7.17. The van der Waals surface area contributed by atoms with Gasteiger partial charge in [-0.3, -0.25) is 9.59 Å². The van der Waals surface area contributed by atoms with Crippen molar-refractivity contribution in [3.05, 3.63) is 32.0 Å². The zero-order valence-corrected chi connectivity index (χ0v) is 20.3. The van der Waals surface area contributed by atoms with Crippen LogP contribution in [-0.2, 0) is 44.7 Å². The first-order chi connectivity index (χ1) is 15.9. The Kier molecular flexibility index (Phi) is 7.14. The molecule has 2 N–H and O–H groups in total. The zero-order chi connectivity index (χ0) is 23.5. The number of ether oxygens (including phenoxy) is 2. The maximum atomic E-state index is 12.5. The number of amides is 2. The second kappa shape index (κ2) is 10.0. The summed E-state index contributed by atoms with van der Waals surface area (Å²) in [6, 6.07) is 0. The third-order valence-electron chi connectivity index (χ3n) is 5.94. The molecule has 4 rings (SSSR count). The van der Waals surface area contributed by atoms with Crippen LogP contribution in [0.4, 0.5) is 10.0 Å². The van der Waals surface area contributed by atoms with E-state index in [1.165, 1.54) is 36.9 Å². The summed E-state index contributed by atoms with van der Waals surface area (Å²) < 4.78 is 9.80. The van der Waals surface area contributed by atoms with Crippen molar-refractivity contribution in [2.24, 2.45) is 0 Å². The number of nitrogens with one attached hydrogen (secondary N) is 2. The van der Waals surface area contributed by atoms with Crippen molar-refractivity contribution in [2.45, 2.75) is 57.8 Å². The summed E-state index contributed by atoms with van der Waals surface area (Å²) in [6.07, 6.45) is 6.05. The van der Waals surface area contributed by atoms with Crippen LogP contribution in [0.25, 0.3) is 0 Å². The predicted molar refractivity (Wildman–Crippen MR) is 126 cm³/mol. The fourth-order valence-electron chi connectivity index (χ4n) is 4.41. The molecule has 10 heteroatoms. The van der Waals surface area contributed by atoms with Crippen molar-refractivity contribution in [3.63, 3.8) is 0 Å². The molecule has 176 valence electrons. The van der Waals surface area contributed by atoms with Crippen LogP contribution in [0.15, 0.2) is 0 Å². The molecule has 0 atom stereocenters. The second-order valence-electron chi connectivity index (χ2n) is 8.06. The molecule has 0 spiro atoms. The third-order valence-corrected chi connectivity index (χ3v) is 8.35. The molecule has 8 nitrogen and oxygen atoms in total. The van der Waals surface area contributed by atoms with Crippen LogP contribution in [-0.4, -0.2) is 38.0 Å². The summed E-state index contributed by atoms with van der Waals surface area (Å²) in [4.78, 5) is 51.6. The van der Waals surface area contributed by atoms with Gasteiger partial charge in [0.1, 0.15) is 10.0 Å². The van der Waals surface area contributed by atoms with Gasteiger partial charge in [-0.2, -0.15) is 0 Å². The SMILES string of the molecule is COC(=O)c1c(NC(=O)CCCC(=O)Nc2sc3c(c2C(=O)OC)CCC3)sc2c1CCC2. The Hall–Kier alpha value is -2.72. The third kappa shape index (κ3) is 4.81. The molecule has 2 aliphatic carbocycles. The minimum atomic E-state index is -0.437. The molecule has 2 aromatic heterocycles. The largest absolute Gasteiger partial charge is 0.465 e. The molecule has 0 bridgehead atoms. The van der Waals surface area contributed by atoms with Crippen LogP contribution in [0.2, 0.25) is 0 Å².